The molecule has 0 bridgehead atoms. The lowest BCUT2D eigenvalue weighted by Gasteiger charge is -2.27. The Morgan fingerprint density at radius 1 is 1.29 bits per heavy atom. The topological polar surface area (TPSA) is 49.4 Å². The summed E-state index contributed by atoms with van der Waals surface area (Å²) in [6.45, 7) is 3.89. The fourth-order valence-electron chi connectivity index (χ4n) is 3.16. The van der Waals surface area contributed by atoms with Crippen molar-refractivity contribution in [3.8, 4) is 0 Å². The Balaban J connectivity index is 1.78. The number of thiophene rings is 1. The van der Waals surface area contributed by atoms with Gasteiger partial charge in [0, 0.05) is 12.6 Å². The highest BCUT2D eigenvalue weighted by Crippen LogP contribution is 2.27. The Hall–Kier alpha value is -1.28. The average molecular weight is 368 g/mol. The van der Waals surface area contributed by atoms with Gasteiger partial charge in [-0.15, -0.1) is 0 Å². The SMILES string of the molecule is Cc1cc(F)ccc1S(=O)(=O)NC[C@@H](c1ccsc1)N1CCCC1. The summed E-state index contributed by atoms with van der Waals surface area (Å²) < 4.78 is 41.1. The standard InChI is InChI=1S/C17H21FN2O2S2/c1-13-10-15(18)4-5-17(13)24(21,22)19-11-16(14-6-9-23-12-14)20-7-2-3-8-20/h4-6,9-10,12,16,19H,2-3,7-8,11H2,1H3/t16-/m0/s1. The summed E-state index contributed by atoms with van der Waals surface area (Å²) >= 11 is 1.61. The van der Waals surface area contributed by atoms with Crippen molar-refractivity contribution < 1.29 is 12.8 Å². The van der Waals surface area contributed by atoms with E-state index in [4.69, 9.17) is 0 Å². The van der Waals surface area contributed by atoms with Gasteiger partial charge >= 0.3 is 0 Å². The predicted molar refractivity (Wildman–Crippen MR) is 94.2 cm³/mol. The molecular formula is C17H21FN2O2S2. The molecule has 1 aliphatic heterocycles. The third-order valence-electron chi connectivity index (χ3n) is 4.40. The molecule has 0 amide bonds. The number of benzene rings is 1. The maximum absolute atomic E-state index is 13.2. The van der Waals surface area contributed by atoms with Gasteiger partial charge < -0.3 is 0 Å². The Kier molecular flexibility index (Phi) is 5.34. The molecule has 1 atom stereocenters. The van der Waals surface area contributed by atoms with E-state index >= 15 is 0 Å². The molecular weight excluding hydrogens is 347 g/mol. The Bertz CT molecular complexity index is 785. The van der Waals surface area contributed by atoms with Gasteiger partial charge in [0.05, 0.1) is 4.90 Å². The van der Waals surface area contributed by atoms with Crippen LogP contribution in [0, 0.1) is 12.7 Å². The van der Waals surface area contributed by atoms with Crippen LogP contribution in [-0.2, 0) is 10.0 Å². The van der Waals surface area contributed by atoms with Crippen molar-refractivity contribution in [2.75, 3.05) is 19.6 Å². The normalized spacial score (nSPS) is 17.2. The Labute approximate surface area is 146 Å². The van der Waals surface area contributed by atoms with Gasteiger partial charge in [0.1, 0.15) is 5.82 Å². The molecule has 1 aromatic carbocycles. The maximum atomic E-state index is 13.2. The zero-order valence-corrected chi connectivity index (χ0v) is 15.2. The minimum atomic E-state index is -3.66. The minimum Gasteiger partial charge on any atom is -0.295 e. The fourth-order valence-corrected chi connectivity index (χ4v) is 5.13. The number of halogens is 1. The number of hydrogen-bond acceptors (Lipinski definition) is 4. The van der Waals surface area contributed by atoms with Gasteiger partial charge in [-0.2, -0.15) is 11.3 Å². The second-order valence-electron chi connectivity index (χ2n) is 6.08. The highest BCUT2D eigenvalue weighted by molar-refractivity contribution is 7.89. The first-order valence-electron chi connectivity index (χ1n) is 7.99. The van der Waals surface area contributed by atoms with Crippen molar-refractivity contribution in [3.63, 3.8) is 0 Å². The highest BCUT2D eigenvalue weighted by Gasteiger charge is 2.26. The molecule has 7 heteroatoms. The molecule has 0 radical (unpaired) electrons. The van der Waals surface area contributed by atoms with Crippen molar-refractivity contribution in [1.29, 1.82) is 0 Å². The molecule has 0 spiro atoms. The van der Waals surface area contributed by atoms with Gasteiger partial charge in [-0.25, -0.2) is 17.5 Å². The zero-order chi connectivity index (χ0) is 17.2. The summed E-state index contributed by atoms with van der Waals surface area (Å²) in [5.74, 6) is -0.431. The van der Waals surface area contributed by atoms with Crippen molar-refractivity contribution in [3.05, 3.63) is 52.0 Å². The van der Waals surface area contributed by atoms with Gasteiger partial charge in [-0.3, -0.25) is 4.90 Å². The second kappa shape index (κ2) is 7.31. The molecule has 1 aromatic heterocycles. The molecule has 130 valence electrons. The van der Waals surface area contributed by atoms with Gasteiger partial charge in [0.25, 0.3) is 0 Å². The van der Waals surface area contributed by atoms with E-state index in [1.54, 1.807) is 18.3 Å². The summed E-state index contributed by atoms with van der Waals surface area (Å²) in [7, 11) is -3.66. The van der Waals surface area contributed by atoms with Crippen LogP contribution in [0.25, 0.3) is 0 Å². The lowest BCUT2D eigenvalue weighted by atomic mass is 10.1. The summed E-state index contributed by atoms with van der Waals surface area (Å²) in [5, 5.41) is 4.08. The Morgan fingerprint density at radius 2 is 2.04 bits per heavy atom. The largest absolute Gasteiger partial charge is 0.295 e. The van der Waals surface area contributed by atoms with E-state index in [0.29, 0.717) is 12.1 Å². The summed E-state index contributed by atoms with van der Waals surface area (Å²) in [4.78, 5) is 2.46. The summed E-state index contributed by atoms with van der Waals surface area (Å²) in [6.07, 6.45) is 2.29. The van der Waals surface area contributed by atoms with Crippen molar-refractivity contribution >= 4 is 21.4 Å². The van der Waals surface area contributed by atoms with E-state index < -0.39 is 15.8 Å². The molecule has 1 fully saturated rings. The van der Waals surface area contributed by atoms with Crippen molar-refractivity contribution in [2.45, 2.75) is 30.7 Å². The average Bonchev–Trinajstić information content (AvgIpc) is 3.20. The van der Waals surface area contributed by atoms with Crippen LogP contribution >= 0.6 is 11.3 Å². The van der Waals surface area contributed by atoms with Crippen molar-refractivity contribution in [2.24, 2.45) is 0 Å². The summed E-state index contributed by atoms with van der Waals surface area (Å²) in [6, 6.07) is 5.83. The van der Waals surface area contributed by atoms with E-state index in [-0.39, 0.29) is 10.9 Å². The van der Waals surface area contributed by atoms with Gasteiger partial charge in [0.2, 0.25) is 10.0 Å². The van der Waals surface area contributed by atoms with Crippen molar-refractivity contribution in [1.82, 2.24) is 9.62 Å². The number of hydrogen-bond donors (Lipinski definition) is 1. The molecule has 3 rings (SSSR count). The zero-order valence-electron chi connectivity index (χ0n) is 13.5. The third-order valence-corrected chi connectivity index (χ3v) is 6.69. The van der Waals surface area contributed by atoms with Gasteiger partial charge in [-0.05, 0) is 79.0 Å². The molecule has 2 heterocycles. The molecule has 4 nitrogen and oxygen atoms in total. The first kappa shape index (κ1) is 17.5. The van der Waals surface area contributed by atoms with Crippen LogP contribution in [-0.4, -0.2) is 33.0 Å². The minimum absolute atomic E-state index is 0.0364. The number of nitrogens with zero attached hydrogens (tertiary/aromatic N) is 1. The molecule has 2 aromatic rings. The van der Waals surface area contributed by atoms with Crippen LogP contribution in [0.1, 0.15) is 30.0 Å². The second-order valence-corrected chi connectivity index (χ2v) is 8.59. The number of rotatable bonds is 6. The molecule has 0 aliphatic carbocycles. The fraction of sp³-hybridized carbons (Fsp3) is 0.412. The van der Waals surface area contributed by atoms with Gasteiger partial charge in [-0.1, -0.05) is 0 Å². The molecule has 0 saturated carbocycles. The smallest absolute Gasteiger partial charge is 0.240 e. The highest BCUT2D eigenvalue weighted by atomic mass is 32.2. The quantitative estimate of drug-likeness (QED) is 0.851. The molecule has 1 N–H and O–H groups in total. The molecule has 1 saturated heterocycles. The molecule has 24 heavy (non-hydrogen) atoms. The lowest BCUT2D eigenvalue weighted by Crippen LogP contribution is -2.36. The van der Waals surface area contributed by atoms with E-state index in [1.807, 2.05) is 11.4 Å². The number of aryl methyl sites for hydroxylation is 1. The number of nitrogens with one attached hydrogen (secondary N) is 1. The maximum Gasteiger partial charge on any atom is 0.240 e. The number of likely N-dealkylation sites (tertiary alicyclic amines) is 1. The monoisotopic (exact) mass is 368 g/mol. The van der Waals surface area contributed by atoms with E-state index in [2.05, 4.69) is 15.0 Å². The van der Waals surface area contributed by atoms with Gasteiger partial charge in [0.15, 0.2) is 0 Å². The summed E-state index contributed by atoms with van der Waals surface area (Å²) in [5.41, 5.74) is 1.55. The predicted octanol–water partition coefficient (Wildman–Crippen LogP) is 3.31. The van der Waals surface area contributed by atoms with Crippen LogP contribution in [0.4, 0.5) is 4.39 Å². The van der Waals surface area contributed by atoms with Crippen LogP contribution < -0.4 is 4.72 Å². The third kappa shape index (κ3) is 3.85. The van der Waals surface area contributed by atoms with Crippen LogP contribution in [0.5, 0.6) is 0 Å². The van der Waals surface area contributed by atoms with Crippen LogP contribution in [0.2, 0.25) is 0 Å². The number of sulfonamides is 1. The first-order valence-corrected chi connectivity index (χ1v) is 10.4. The molecule has 1 aliphatic rings. The van der Waals surface area contributed by atoms with Crippen LogP contribution in [0.15, 0.2) is 39.9 Å². The van der Waals surface area contributed by atoms with E-state index in [0.717, 1.165) is 31.5 Å². The first-order chi connectivity index (χ1) is 11.5. The van der Waals surface area contributed by atoms with E-state index in [9.17, 15) is 12.8 Å². The molecule has 0 unspecified atom stereocenters. The van der Waals surface area contributed by atoms with E-state index in [1.165, 1.54) is 18.2 Å². The Morgan fingerprint density at radius 3 is 2.67 bits per heavy atom. The lowest BCUT2D eigenvalue weighted by molar-refractivity contribution is 0.247. The van der Waals surface area contributed by atoms with Crippen LogP contribution in [0.3, 0.4) is 0 Å².